The largest absolute Gasteiger partial charge is 0.389 e. The van der Waals surface area contributed by atoms with Gasteiger partial charge in [0.2, 0.25) is 0 Å². The fourth-order valence-electron chi connectivity index (χ4n) is 3.07. The van der Waals surface area contributed by atoms with Gasteiger partial charge in [-0.3, -0.25) is 4.99 Å². The van der Waals surface area contributed by atoms with Crippen molar-refractivity contribution in [3.8, 4) is 0 Å². The van der Waals surface area contributed by atoms with Gasteiger partial charge in [-0.2, -0.15) is 0 Å². The molecular weight excluding hydrogens is 176 g/mol. The predicted molar refractivity (Wildman–Crippen MR) is 55.4 cm³/mol. The van der Waals surface area contributed by atoms with Gasteiger partial charge >= 0.3 is 0 Å². The highest BCUT2D eigenvalue weighted by atomic mass is 16.3. The standard InChI is InChI=1S/C11H16N2O/c14-7-1-2-10-8(5-7)9-6-12-4-3-11(9)13-10/h1-2,4,7-11,13-14H,3,5-6H2. The van der Waals surface area contributed by atoms with Crippen molar-refractivity contribution in [2.75, 3.05) is 6.54 Å². The van der Waals surface area contributed by atoms with E-state index in [1.165, 1.54) is 0 Å². The van der Waals surface area contributed by atoms with Crippen LogP contribution >= 0.6 is 0 Å². The Bertz CT molecular complexity index is 287. The highest BCUT2D eigenvalue weighted by molar-refractivity contribution is 5.59. The van der Waals surface area contributed by atoms with Crippen LogP contribution in [0.1, 0.15) is 12.8 Å². The monoisotopic (exact) mass is 192 g/mol. The molecule has 2 heterocycles. The van der Waals surface area contributed by atoms with Crippen molar-refractivity contribution in [2.45, 2.75) is 31.0 Å². The van der Waals surface area contributed by atoms with E-state index in [4.69, 9.17) is 0 Å². The van der Waals surface area contributed by atoms with Gasteiger partial charge < -0.3 is 10.4 Å². The zero-order chi connectivity index (χ0) is 9.54. The lowest BCUT2D eigenvalue weighted by molar-refractivity contribution is 0.159. The lowest BCUT2D eigenvalue weighted by atomic mass is 9.79. The normalized spacial score (nSPS) is 50.2. The third-order valence-corrected chi connectivity index (χ3v) is 3.79. The molecule has 76 valence electrons. The highest BCUT2D eigenvalue weighted by Gasteiger charge is 2.43. The highest BCUT2D eigenvalue weighted by Crippen LogP contribution is 2.37. The molecule has 0 amide bonds. The molecule has 0 aromatic heterocycles. The lowest BCUT2D eigenvalue weighted by Gasteiger charge is -2.28. The van der Waals surface area contributed by atoms with Crippen LogP contribution in [0.2, 0.25) is 0 Å². The summed E-state index contributed by atoms with van der Waals surface area (Å²) in [6.07, 6.45) is 7.82. The summed E-state index contributed by atoms with van der Waals surface area (Å²) in [6, 6.07) is 1.08. The van der Waals surface area contributed by atoms with Crippen molar-refractivity contribution >= 4 is 6.21 Å². The molecule has 3 aliphatic rings. The van der Waals surface area contributed by atoms with Gasteiger partial charge in [0.1, 0.15) is 0 Å². The molecular formula is C11H16N2O. The van der Waals surface area contributed by atoms with Gasteiger partial charge in [0.15, 0.2) is 0 Å². The van der Waals surface area contributed by atoms with Crippen molar-refractivity contribution < 1.29 is 5.11 Å². The van der Waals surface area contributed by atoms with Crippen LogP contribution in [0.5, 0.6) is 0 Å². The number of hydrogen-bond donors (Lipinski definition) is 2. The fourth-order valence-corrected chi connectivity index (χ4v) is 3.07. The van der Waals surface area contributed by atoms with E-state index in [-0.39, 0.29) is 6.10 Å². The first-order valence-electron chi connectivity index (χ1n) is 5.45. The van der Waals surface area contributed by atoms with Gasteiger partial charge in [0.25, 0.3) is 0 Å². The minimum atomic E-state index is -0.234. The third kappa shape index (κ3) is 1.23. The molecule has 0 radical (unpaired) electrons. The lowest BCUT2D eigenvalue weighted by Crippen LogP contribution is -2.33. The summed E-state index contributed by atoms with van der Waals surface area (Å²) >= 11 is 0. The molecule has 1 saturated heterocycles. The van der Waals surface area contributed by atoms with E-state index in [0.717, 1.165) is 19.4 Å². The minimum absolute atomic E-state index is 0.234. The molecule has 5 unspecified atom stereocenters. The molecule has 0 spiro atoms. The molecule has 0 aromatic rings. The summed E-state index contributed by atoms with van der Waals surface area (Å²) in [5.41, 5.74) is 0. The first-order valence-corrected chi connectivity index (χ1v) is 5.45. The molecule has 3 heteroatoms. The van der Waals surface area contributed by atoms with Crippen LogP contribution < -0.4 is 5.32 Å². The van der Waals surface area contributed by atoms with E-state index in [2.05, 4.69) is 16.4 Å². The van der Waals surface area contributed by atoms with Crippen LogP contribution in [-0.2, 0) is 0 Å². The first-order chi connectivity index (χ1) is 6.84. The second-order valence-corrected chi connectivity index (χ2v) is 4.60. The van der Waals surface area contributed by atoms with Gasteiger partial charge in [0.05, 0.1) is 6.10 Å². The van der Waals surface area contributed by atoms with Crippen LogP contribution in [0.3, 0.4) is 0 Å². The number of fused-ring (bicyclic) bond motifs is 3. The quantitative estimate of drug-likeness (QED) is 0.544. The maximum Gasteiger partial charge on any atom is 0.0724 e. The Balaban J connectivity index is 1.84. The Morgan fingerprint density at radius 1 is 1.29 bits per heavy atom. The third-order valence-electron chi connectivity index (χ3n) is 3.79. The van der Waals surface area contributed by atoms with E-state index in [9.17, 15) is 5.11 Å². The number of aliphatic hydroxyl groups excluding tert-OH is 1. The summed E-state index contributed by atoms with van der Waals surface area (Å²) in [5.74, 6) is 1.24. The molecule has 2 N–H and O–H groups in total. The Labute approximate surface area is 83.9 Å². The SMILES string of the molecule is OC1C=CC2NC3CC=NCC3C2C1. The smallest absolute Gasteiger partial charge is 0.0724 e. The molecule has 1 aliphatic carbocycles. The van der Waals surface area contributed by atoms with E-state index >= 15 is 0 Å². The average molecular weight is 192 g/mol. The topological polar surface area (TPSA) is 44.6 Å². The summed E-state index contributed by atoms with van der Waals surface area (Å²) in [7, 11) is 0. The molecule has 0 saturated carbocycles. The zero-order valence-electron chi connectivity index (χ0n) is 8.13. The summed E-state index contributed by atoms with van der Waals surface area (Å²) in [4.78, 5) is 4.37. The van der Waals surface area contributed by atoms with Crippen LogP contribution in [0.15, 0.2) is 17.1 Å². The fraction of sp³-hybridized carbons (Fsp3) is 0.727. The van der Waals surface area contributed by atoms with Gasteiger partial charge in [-0.25, -0.2) is 0 Å². The molecule has 3 nitrogen and oxygen atoms in total. The Kier molecular flexibility index (Phi) is 1.96. The molecule has 5 atom stereocenters. The molecule has 3 rings (SSSR count). The Morgan fingerprint density at radius 2 is 2.21 bits per heavy atom. The molecule has 2 aliphatic heterocycles. The Morgan fingerprint density at radius 3 is 3.14 bits per heavy atom. The summed E-state index contributed by atoms with van der Waals surface area (Å²) in [6.45, 7) is 0.944. The van der Waals surface area contributed by atoms with Gasteiger partial charge in [-0.05, 0) is 24.7 Å². The van der Waals surface area contributed by atoms with Crippen molar-refractivity contribution in [3.63, 3.8) is 0 Å². The maximum atomic E-state index is 9.59. The minimum Gasteiger partial charge on any atom is -0.389 e. The van der Waals surface area contributed by atoms with Crippen LogP contribution in [-0.4, -0.2) is 36.1 Å². The number of nitrogens with zero attached hydrogens (tertiary/aromatic N) is 1. The molecule has 1 fully saturated rings. The predicted octanol–water partition coefficient (Wildman–Crippen LogP) is 0.354. The number of hydrogen-bond acceptors (Lipinski definition) is 3. The maximum absolute atomic E-state index is 9.59. The van der Waals surface area contributed by atoms with Crippen molar-refractivity contribution in [2.24, 2.45) is 16.8 Å². The Hall–Kier alpha value is -0.670. The van der Waals surface area contributed by atoms with E-state index < -0.39 is 0 Å². The van der Waals surface area contributed by atoms with E-state index in [0.29, 0.717) is 23.9 Å². The average Bonchev–Trinajstić information content (AvgIpc) is 2.56. The molecule has 0 bridgehead atoms. The number of nitrogens with one attached hydrogen (secondary N) is 1. The number of aliphatic hydroxyl groups is 1. The van der Waals surface area contributed by atoms with Gasteiger partial charge in [-0.15, -0.1) is 0 Å². The number of rotatable bonds is 0. The van der Waals surface area contributed by atoms with Crippen molar-refractivity contribution in [3.05, 3.63) is 12.2 Å². The summed E-state index contributed by atoms with van der Waals surface area (Å²) in [5, 5.41) is 13.2. The summed E-state index contributed by atoms with van der Waals surface area (Å²) < 4.78 is 0. The second kappa shape index (κ2) is 3.17. The van der Waals surface area contributed by atoms with E-state index in [1.54, 1.807) is 0 Å². The van der Waals surface area contributed by atoms with Crippen LogP contribution in [0.25, 0.3) is 0 Å². The zero-order valence-corrected chi connectivity index (χ0v) is 8.13. The van der Waals surface area contributed by atoms with Gasteiger partial charge in [-0.1, -0.05) is 12.2 Å². The molecule has 0 aromatic carbocycles. The van der Waals surface area contributed by atoms with Crippen molar-refractivity contribution in [1.29, 1.82) is 0 Å². The van der Waals surface area contributed by atoms with Crippen LogP contribution in [0, 0.1) is 11.8 Å². The van der Waals surface area contributed by atoms with E-state index in [1.807, 2.05) is 12.3 Å². The first kappa shape index (κ1) is 8.62. The van der Waals surface area contributed by atoms with Crippen molar-refractivity contribution in [1.82, 2.24) is 5.32 Å². The van der Waals surface area contributed by atoms with Crippen LogP contribution in [0.4, 0.5) is 0 Å². The molecule has 14 heavy (non-hydrogen) atoms. The second-order valence-electron chi connectivity index (χ2n) is 4.60. The van der Waals surface area contributed by atoms with Gasteiger partial charge in [0, 0.05) is 24.8 Å². The number of aliphatic imine (C=N–C) groups is 1.